The molecule has 1 aromatic carbocycles. The Balaban J connectivity index is 2.81. The van der Waals surface area contributed by atoms with E-state index in [1.165, 1.54) is 20.1 Å². The molecule has 0 aliphatic carbocycles. The Morgan fingerprint density at radius 1 is 1.35 bits per heavy atom. The maximum atomic E-state index is 11.4. The molecule has 2 N–H and O–H groups in total. The van der Waals surface area contributed by atoms with E-state index in [9.17, 15) is 9.59 Å². The van der Waals surface area contributed by atoms with Crippen LogP contribution in [0.25, 0.3) is 11.0 Å². The van der Waals surface area contributed by atoms with Crippen molar-refractivity contribution in [2.75, 3.05) is 7.11 Å². The molecule has 2 rings (SSSR count). The Morgan fingerprint density at radius 3 is 2.59 bits per heavy atom. The van der Waals surface area contributed by atoms with Crippen LogP contribution in [0.15, 0.2) is 22.6 Å². The largest absolute Gasteiger partial charge is 0.493 e. The van der Waals surface area contributed by atoms with Crippen molar-refractivity contribution in [2.24, 2.45) is 5.73 Å². The molecule has 0 bridgehead atoms. The topological polar surface area (TPSA) is 82.5 Å². The quantitative estimate of drug-likeness (QED) is 0.818. The number of benzene rings is 1. The first kappa shape index (κ1) is 11.2. The molecule has 0 saturated heterocycles. The summed E-state index contributed by atoms with van der Waals surface area (Å²) < 4.78 is 10.4. The SMILES string of the molecule is COc1ccc(C(C)=O)c2cc(C(N)=O)oc12. The fourth-order valence-corrected chi connectivity index (χ4v) is 1.69. The molecule has 5 heteroatoms. The number of carbonyl (C=O) groups excluding carboxylic acids is 2. The highest BCUT2D eigenvalue weighted by Crippen LogP contribution is 2.31. The summed E-state index contributed by atoms with van der Waals surface area (Å²) in [5, 5.41) is 0.533. The van der Waals surface area contributed by atoms with Crippen LogP contribution in [-0.4, -0.2) is 18.8 Å². The molecule has 0 aliphatic heterocycles. The van der Waals surface area contributed by atoms with Crippen molar-refractivity contribution in [3.63, 3.8) is 0 Å². The van der Waals surface area contributed by atoms with E-state index in [-0.39, 0.29) is 11.5 Å². The Labute approximate surface area is 97.1 Å². The van der Waals surface area contributed by atoms with Crippen LogP contribution in [0.5, 0.6) is 5.75 Å². The number of carbonyl (C=O) groups is 2. The molecule has 0 fully saturated rings. The van der Waals surface area contributed by atoms with Gasteiger partial charge in [0, 0.05) is 10.9 Å². The molecule has 88 valence electrons. The average Bonchev–Trinajstić information content (AvgIpc) is 2.71. The van der Waals surface area contributed by atoms with E-state index in [4.69, 9.17) is 14.9 Å². The Morgan fingerprint density at radius 2 is 2.06 bits per heavy atom. The summed E-state index contributed by atoms with van der Waals surface area (Å²) in [6.45, 7) is 1.44. The highest BCUT2D eigenvalue weighted by molar-refractivity contribution is 6.09. The number of primary amides is 1. The number of methoxy groups -OCH3 is 1. The lowest BCUT2D eigenvalue weighted by molar-refractivity contribution is 0.0974. The molecule has 0 radical (unpaired) electrons. The predicted octanol–water partition coefficient (Wildman–Crippen LogP) is 1.74. The van der Waals surface area contributed by atoms with Crippen molar-refractivity contribution in [1.29, 1.82) is 0 Å². The predicted molar refractivity (Wildman–Crippen MR) is 61.3 cm³/mol. The van der Waals surface area contributed by atoms with Crippen molar-refractivity contribution < 1.29 is 18.7 Å². The molecule has 0 spiro atoms. The third-order valence-corrected chi connectivity index (χ3v) is 2.49. The number of amides is 1. The van der Waals surface area contributed by atoms with Gasteiger partial charge in [-0.2, -0.15) is 0 Å². The Hall–Kier alpha value is -2.30. The van der Waals surface area contributed by atoms with E-state index in [2.05, 4.69) is 0 Å². The van der Waals surface area contributed by atoms with Crippen LogP contribution in [0.2, 0.25) is 0 Å². The zero-order valence-electron chi connectivity index (χ0n) is 9.44. The maximum Gasteiger partial charge on any atom is 0.284 e. The summed E-state index contributed by atoms with van der Waals surface area (Å²) in [6, 6.07) is 4.70. The van der Waals surface area contributed by atoms with Crippen molar-refractivity contribution >= 4 is 22.7 Å². The van der Waals surface area contributed by atoms with Gasteiger partial charge in [-0.05, 0) is 25.1 Å². The second-order valence-electron chi connectivity index (χ2n) is 3.59. The zero-order valence-corrected chi connectivity index (χ0v) is 9.44. The minimum atomic E-state index is -0.683. The molecule has 1 amide bonds. The summed E-state index contributed by atoms with van der Waals surface area (Å²) in [7, 11) is 1.48. The first-order chi connectivity index (χ1) is 8.04. The summed E-state index contributed by atoms with van der Waals surface area (Å²) in [5.74, 6) is -0.336. The van der Waals surface area contributed by atoms with Gasteiger partial charge in [-0.25, -0.2) is 0 Å². The van der Waals surface area contributed by atoms with E-state index in [0.29, 0.717) is 22.3 Å². The number of ketones is 1. The fraction of sp³-hybridized carbons (Fsp3) is 0.167. The minimum absolute atomic E-state index is 0.00648. The van der Waals surface area contributed by atoms with Crippen LogP contribution in [-0.2, 0) is 0 Å². The van der Waals surface area contributed by atoms with Gasteiger partial charge in [0.25, 0.3) is 5.91 Å². The molecule has 5 nitrogen and oxygen atoms in total. The van der Waals surface area contributed by atoms with Gasteiger partial charge >= 0.3 is 0 Å². The Kier molecular flexibility index (Phi) is 2.59. The summed E-state index contributed by atoms with van der Waals surface area (Å²) >= 11 is 0. The van der Waals surface area contributed by atoms with Crippen LogP contribution in [0.1, 0.15) is 27.8 Å². The Bertz CT molecular complexity index is 612. The van der Waals surface area contributed by atoms with E-state index in [0.717, 1.165) is 0 Å². The number of nitrogens with two attached hydrogens (primary N) is 1. The number of ether oxygens (including phenoxy) is 1. The number of rotatable bonds is 3. The average molecular weight is 233 g/mol. The lowest BCUT2D eigenvalue weighted by Gasteiger charge is -2.02. The van der Waals surface area contributed by atoms with Crippen LogP contribution in [0.3, 0.4) is 0 Å². The van der Waals surface area contributed by atoms with E-state index < -0.39 is 5.91 Å². The molecular formula is C12H11NO4. The van der Waals surface area contributed by atoms with Crippen LogP contribution in [0.4, 0.5) is 0 Å². The van der Waals surface area contributed by atoms with Crippen molar-refractivity contribution in [2.45, 2.75) is 6.92 Å². The first-order valence-electron chi connectivity index (χ1n) is 4.96. The van der Waals surface area contributed by atoms with Crippen LogP contribution in [0, 0.1) is 0 Å². The van der Waals surface area contributed by atoms with Gasteiger partial charge in [-0.3, -0.25) is 9.59 Å². The number of fused-ring (bicyclic) bond motifs is 1. The van der Waals surface area contributed by atoms with Gasteiger partial charge < -0.3 is 14.9 Å². The van der Waals surface area contributed by atoms with Crippen LogP contribution < -0.4 is 10.5 Å². The normalized spacial score (nSPS) is 10.5. The maximum absolute atomic E-state index is 11.4. The molecule has 2 aromatic rings. The van der Waals surface area contributed by atoms with Gasteiger partial charge in [0.1, 0.15) is 0 Å². The lowest BCUT2D eigenvalue weighted by atomic mass is 10.1. The van der Waals surface area contributed by atoms with Gasteiger partial charge in [0.15, 0.2) is 22.9 Å². The van der Waals surface area contributed by atoms with Crippen molar-refractivity contribution in [3.8, 4) is 5.75 Å². The van der Waals surface area contributed by atoms with E-state index in [1.54, 1.807) is 12.1 Å². The van der Waals surface area contributed by atoms with Gasteiger partial charge in [0.2, 0.25) is 0 Å². The third-order valence-electron chi connectivity index (χ3n) is 2.49. The highest BCUT2D eigenvalue weighted by atomic mass is 16.5. The molecule has 0 unspecified atom stereocenters. The monoisotopic (exact) mass is 233 g/mol. The van der Waals surface area contributed by atoms with E-state index in [1.807, 2.05) is 0 Å². The van der Waals surface area contributed by atoms with Gasteiger partial charge in [0.05, 0.1) is 7.11 Å². The minimum Gasteiger partial charge on any atom is -0.493 e. The second-order valence-corrected chi connectivity index (χ2v) is 3.59. The van der Waals surface area contributed by atoms with E-state index >= 15 is 0 Å². The molecule has 1 heterocycles. The van der Waals surface area contributed by atoms with Crippen molar-refractivity contribution in [3.05, 3.63) is 29.5 Å². The molecule has 0 aliphatic rings. The standard InChI is InChI=1S/C12H11NO4/c1-6(14)7-3-4-9(16-2)11-8(7)5-10(17-11)12(13)15/h3-5H,1-2H3,(H2,13,15). The number of hydrogen-bond donors (Lipinski definition) is 1. The number of hydrogen-bond acceptors (Lipinski definition) is 4. The lowest BCUT2D eigenvalue weighted by Crippen LogP contribution is -2.09. The molecule has 17 heavy (non-hydrogen) atoms. The van der Waals surface area contributed by atoms with Crippen molar-refractivity contribution in [1.82, 2.24) is 0 Å². The second kappa shape index (κ2) is 3.93. The number of furan rings is 1. The summed E-state index contributed by atoms with van der Waals surface area (Å²) in [5.41, 5.74) is 5.96. The highest BCUT2D eigenvalue weighted by Gasteiger charge is 2.17. The molecule has 1 aromatic heterocycles. The third kappa shape index (κ3) is 1.75. The summed E-state index contributed by atoms with van der Waals surface area (Å²) in [6.07, 6.45) is 0. The zero-order chi connectivity index (χ0) is 12.6. The first-order valence-corrected chi connectivity index (χ1v) is 4.96. The van der Waals surface area contributed by atoms with Gasteiger partial charge in [-0.15, -0.1) is 0 Å². The molecule has 0 atom stereocenters. The number of Topliss-reactive ketones (excluding diaryl/α,β-unsaturated/α-hetero) is 1. The smallest absolute Gasteiger partial charge is 0.284 e. The summed E-state index contributed by atoms with van der Waals surface area (Å²) in [4.78, 5) is 22.5. The molecular weight excluding hydrogens is 222 g/mol. The molecule has 0 saturated carbocycles. The van der Waals surface area contributed by atoms with Crippen LogP contribution >= 0.6 is 0 Å². The fourth-order valence-electron chi connectivity index (χ4n) is 1.69. The van der Waals surface area contributed by atoms with Gasteiger partial charge in [-0.1, -0.05) is 0 Å².